The fourth-order valence-electron chi connectivity index (χ4n) is 3.98. The quantitative estimate of drug-likeness (QED) is 0.505. The van der Waals surface area contributed by atoms with Crippen molar-refractivity contribution in [1.82, 2.24) is 8.87 Å². The van der Waals surface area contributed by atoms with Gasteiger partial charge in [-0.25, -0.2) is 8.42 Å². The van der Waals surface area contributed by atoms with E-state index in [1.807, 2.05) is 30.5 Å². The van der Waals surface area contributed by atoms with E-state index in [1.165, 1.54) is 21.7 Å². The third-order valence-electron chi connectivity index (χ3n) is 5.58. The van der Waals surface area contributed by atoms with E-state index in [2.05, 4.69) is 4.99 Å². The van der Waals surface area contributed by atoms with Crippen LogP contribution in [0, 0.1) is 6.92 Å². The number of ether oxygens (including phenoxy) is 1. The van der Waals surface area contributed by atoms with Crippen molar-refractivity contribution in [2.24, 2.45) is 4.99 Å². The van der Waals surface area contributed by atoms with Gasteiger partial charge in [-0.15, -0.1) is 11.3 Å². The molecule has 32 heavy (non-hydrogen) atoms. The number of rotatable bonds is 5. The first-order chi connectivity index (χ1) is 15.3. The SMILES string of the molecule is CCn1c(=NC(=O)C2CCCCN2S(=O)(=O)c2ccc(Cl)s2)sc2c(C)ccc(OC)c21. The van der Waals surface area contributed by atoms with E-state index >= 15 is 0 Å². The largest absolute Gasteiger partial charge is 0.495 e. The van der Waals surface area contributed by atoms with Crippen LogP contribution in [-0.2, 0) is 21.4 Å². The summed E-state index contributed by atoms with van der Waals surface area (Å²) in [6.45, 7) is 4.88. The highest BCUT2D eigenvalue weighted by molar-refractivity contribution is 7.91. The zero-order chi connectivity index (χ0) is 23.0. The number of amides is 1. The predicted octanol–water partition coefficient (Wildman–Crippen LogP) is 4.43. The van der Waals surface area contributed by atoms with Gasteiger partial charge >= 0.3 is 0 Å². The summed E-state index contributed by atoms with van der Waals surface area (Å²) in [5.74, 6) is 0.273. The first kappa shape index (κ1) is 23.4. The highest BCUT2D eigenvalue weighted by Crippen LogP contribution is 2.33. The monoisotopic (exact) mass is 513 g/mol. The molecule has 1 saturated heterocycles. The van der Waals surface area contributed by atoms with Crippen molar-refractivity contribution in [3.63, 3.8) is 0 Å². The Kier molecular flexibility index (Phi) is 6.78. The lowest BCUT2D eigenvalue weighted by Gasteiger charge is -2.31. The summed E-state index contributed by atoms with van der Waals surface area (Å²) in [6.07, 6.45) is 1.92. The molecule has 3 heterocycles. The van der Waals surface area contributed by atoms with E-state index in [-0.39, 0.29) is 10.8 Å². The fourth-order valence-corrected chi connectivity index (χ4v) is 8.43. The molecule has 1 fully saturated rings. The Morgan fingerprint density at radius 1 is 1.25 bits per heavy atom. The number of nitrogens with zero attached hydrogens (tertiary/aromatic N) is 3. The van der Waals surface area contributed by atoms with Crippen LogP contribution >= 0.6 is 34.3 Å². The van der Waals surface area contributed by atoms with Crippen molar-refractivity contribution >= 4 is 60.4 Å². The molecule has 1 amide bonds. The second-order valence-electron chi connectivity index (χ2n) is 7.53. The van der Waals surface area contributed by atoms with E-state index in [1.54, 1.807) is 13.2 Å². The Morgan fingerprint density at radius 3 is 2.69 bits per heavy atom. The maximum atomic E-state index is 13.3. The van der Waals surface area contributed by atoms with E-state index in [4.69, 9.17) is 16.3 Å². The van der Waals surface area contributed by atoms with Crippen molar-refractivity contribution in [3.8, 4) is 5.75 Å². The van der Waals surface area contributed by atoms with Gasteiger partial charge in [-0.2, -0.15) is 9.30 Å². The van der Waals surface area contributed by atoms with Gasteiger partial charge in [0.2, 0.25) is 0 Å². The molecule has 0 radical (unpaired) electrons. The molecule has 2 aromatic heterocycles. The zero-order valence-electron chi connectivity index (χ0n) is 18.0. The summed E-state index contributed by atoms with van der Waals surface area (Å²) in [5, 5.41) is 0. The summed E-state index contributed by atoms with van der Waals surface area (Å²) in [6, 6.07) is 6.10. The minimum Gasteiger partial charge on any atom is -0.495 e. The molecule has 0 spiro atoms. The maximum Gasteiger partial charge on any atom is 0.266 e. The number of thiophene rings is 1. The molecule has 1 aliphatic heterocycles. The van der Waals surface area contributed by atoms with E-state index < -0.39 is 22.0 Å². The number of halogens is 1. The standard InChI is InChI=1S/C21H24ClN3O4S3/c1-4-24-18-15(29-3)9-8-13(2)19(18)31-21(24)23-20(26)14-7-5-6-12-25(14)32(27,28)17-11-10-16(22)30-17/h8-11,14H,4-7,12H2,1-3H3. The molecule has 11 heteroatoms. The average Bonchev–Trinajstić information content (AvgIpc) is 3.38. The number of hydrogen-bond donors (Lipinski definition) is 0. The third kappa shape index (κ3) is 4.14. The average molecular weight is 514 g/mol. The van der Waals surface area contributed by atoms with Gasteiger partial charge in [-0.05, 0) is 50.5 Å². The number of thiazole rings is 1. The number of benzene rings is 1. The number of hydrogen-bond acceptors (Lipinski definition) is 6. The summed E-state index contributed by atoms with van der Waals surface area (Å²) in [5.41, 5.74) is 1.96. The Hall–Kier alpha value is -1.72. The van der Waals surface area contributed by atoms with Gasteiger partial charge in [0, 0.05) is 13.1 Å². The number of sulfonamides is 1. The predicted molar refractivity (Wildman–Crippen MR) is 128 cm³/mol. The fraction of sp³-hybridized carbons (Fsp3) is 0.429. The molecule has 1 atom stereocenters. The van der Waals surface area contributed by atoms with Crippen molar-refractivity contribution in [1.29, 1.82) is 0 Å². The van der Waals surface area contributed by atoms with Gasteiger partial charge in [0.15, 0.2) is 4.80 Å². The molecule has 1 aliphatic rings. The van der Waals surface area contributed by atoms with Crippen LogP contribution in [0.5, 0.6) is 5.75 Å². The topological polar surface area (TPSA) is 81.0 Å². The molecule has 172 valence electrons. The Labute approximate surface area is 200 Å². The van der Waals surface area contributed by atoms with Gasteiger partial charge in [-0.3, -0.25) is 4.79 Å². The number of aryl methyl sites for hydroxylation is 2. The van der Waals surface area contributed by atoms with Crippen LogP contribution in [0.2, 0.25) is 4.34 Å². The van der Waals surface area contributed by atoms with Crippen LogP contribution in [0.15, 0.2) is 33.5 Å². The lowest BCUT2D eigenvalue weighted by atomic mass is 10.0. The Balaban J connectivity index is 1.78. The second-order valence-corrected chi connectivity index (χ2v) is 12.3. The number of aromatic nitrogens is 1. The molecule has 0 saturated carbocycles. The highest BCUT2D eigenvalue weighted by Gasteiger charge is 2.38. The van der Waals surface area contributed by atoms with Crippen LogP contribution in [0.25, 0.3) is 10.2 Å². The molecule has 0 bridgehead atoms. The minimum absolute atomic E-state index is 0.146. The molecular weight excluding hydrogens is 490 g/mol. The summed E-state index contributed by atoms with van der Waals surface area (Å²) in [4.78, 5) is 18.3. The molecule has 0 N–H and O–H groups in total. The van der Waals surface area contributed by atoms with Gasteiger partial charge in [0.25, 0.3) is 15.9 Å². The summed E-state index contributed by atoms with van der Waals surface area (Å²) in [7, 11) is -2.21. The first-order valence-corrected chi connectivity index (χ1v) is 13.8. The molecule has 4 rings (SSSR count). The highest BCUT2D eigenvalue weighted by atomic mass is 35.5. The molecule has 1 aromatic carbocycles. The van der Waals surface area contributed by atoms with Gasteiger partial charge in [0.05, 0.1) is 16.1 Å². The smallest absolute Gasteiger partial charge is 0.266 e. The molecule has 3 aromatic rings. The number of carbonyl (C=O) groups excluding carboxylic acids is 1. The number of fused-ring (bicyclic) bond motifs is 1. The normalized spacial score (nSPS) is 18.4. The molecule has 7 nitrogen and oxygen atoms in total. The molecule has 0 aliphatic carbocycles. The number of piperidine rings is 1. The Bertz CT molecular complexity index is 1340. The third-order valence-corrected chi connectivity index (χ3v) is 10.4. The van der Waals surface area contributed by atoms with Crippen LogP contribution in [-0.4, -0.2) is 42.9 Å². The van der Waals surface area contributed by atoms with Gasteiger partial charge in [0.1, 0.15) is 21.5 Å². The van der Waals surface area contributed by atoms with Crippen LogP contribution in [0.3, 0.4) is 0 Å². The lowest BCUT2D eigenvalue weighted by molar-refractivity contribution is -0.122. The van der Waals surface area contributed by atoms with Gasteiger partial charge in [-0.1, -0.05) is 35.4 Å². The van der Waals surface area contributed by atoms with Crippen molar-refractivity contribution in [3.05, 3.63) is 39.0 Å². The molecular formula is C21H24ClN3O4S3. The van der Waals surface area contributed by atoms with Crippen LogP contribution < -0.4 is 9.54 Å². The van der Waals surface area contributed by atoms with E-state index in [0.717, 1.165) is 33.5 Å². The maximum absolute atomic E-state index is 13.3. The van der Waals surface area contributed by atoms with Crippen molar-refractivity contribution in [2.75, 3.05) is 13.7 Å². The summed E-state index contributed by atoms with van der Waals surface area (Å²) >= 11 is 8.38. The van der Waals surface area contributed by atoms with Crippen LogP contribution in [0.1, 0.15) is 31.7 Å². The van der Waals surface area contributed by atoms with Crippen molar-refractivity contribution < 1.29 is 17.9 Å². The molecule has 1 unspecified atom stereocenters. The number of methoxy groups -OCH3 is 1. The van der Waals surface area contributed by atoms with E-state index in [0.29, 0.717) is 34.3 Å². The van der Waals surface area contributed by atoms with E-state index in [9.17, 15) is 13.2 Å². The van der Waals surface area contributed by atoms with Crippen LogP contribution in [0.4, 0.5) is 0 Å². The zero-order valence-corrected chi connectivity index (χ0v) is 21.2. The lowest BCUT2D eigenvalue weighted by Crippen LogP contribution is -2.47. The van der Waals surface area contributed by atoms with Gasteiger partial charge < -0.3 is 9.30 Å². The summed E-state index contributed by atoms with van der Waals surface area (Å²) < 4.78 is 36.8. The first-order valence-electron chi connectivity index (χ1n) is 10.3. The second kappa shape index (κ2) is 9.26. The van der Waals surface area contributed by atoms with Crippen molar-refractivity contribution in [2.45, 2.75) is 49.9 Å². The number of carbonyl (C=O) groups is 1. The minimum atomic E-state index is -3.82. The Morgan fingerprint density at radius 2 is 2.03 bits per heavy atom.